The highest BCUT2D eigenvalue weighted by Crippen LogP contribution is 2.14. The van der Waals surface area contributed by atoms with Crippen LogP contribution in [0.3, 0.4) is 0 Å². The Kier molecular flexibility index (Phi) is 6.20. The largest absolute Gasteiger partial charge is 0.350 e. The molecular formula is C15H22ClNO. The van der Waals surface area contributed by atoms with E-state index in [1.165, 1.54) is 5.56 Å². The van der Waals surface area contributed by atoms with Crippen molar-refractivity contribution in [3.63, 3.8) is 0 Å². The van der Waals surface area contributed by atoms with Crippen molar-refractivity contribution in [1.82, 2.24) is 5.32 Å². The first-order chi connectivity index (χ1) is 8.54. The lowest BCUT2D eigenvalue weighted by molar-refractivity contribution is 0.0938. The van der Waals surface area contributed by atoms with Crippen LogP contribution in [0, 0.1) is 0 Å². The fourth-order valence-electron chi connectivity index (χ4n) is 1.78. The Morgan fingerprint density at radius 3 is 2.33 bits per heavy atom. The third-order valence-corrected chi connectivity index (χ3v) is 3.26. The van der Waals surface area contributed by atoms with Crippen LogP contribution >= 0.6 is 11.6 Å². The molecule has 100 valence electrons. The molecule has 1 rings (SSSR count). The average Bonchev–Trinajstić information content (AvgIpc) is 2.36. The third-order valence-electron chi connectivity index (χ3n) is 2.99. The topological polar surface area (TPSA) is 29.1 Å². The van der Waals surface area contributed by atoms with Crippen molar-refractivity contribution < 1.29 is 4.79 Å². The van der Waals surface area contributed by atoms with Crippen LogP contribution in [-0.2, 0) is 0 Å². The molecule has 3 heteroatoms. The molecule has 0 saturated carbocycles. The van der Waals surface area contributed by atoms with E-state index in [1.807, 2.05) is 31.2 Å². The van der Waals surface area contributed by atoms with Crippen LogP contribution in [0.2, 0.25) is 0 Å². The molecule has 2 nitrogen and oxygen atoms in total. The van der Waals surface area contributed by atoms with Crippen molar-refractivity contribution in [2.24, 2.45) is 0 Å². The molecule has 0 fully saturated rings. The van der Waals surface area contributed by atoms with E-state index in [0.717, 1.165) is 18.4 Å². The average molecular weight is 268 g/mol. The number of halogens is 1. The van der Waals surface area contributed by atoms with Crippen LogP contribution < -0.4 is 5.32 Å². The van der Waals surface area contributed by atoms with Gasteiger partial charge >= 0.3 is 0 Å². The number of carbonyl (C=O) groups excluding carboxylic acids is 1. The Morgan fingerprint density at radius 1 is 1.22 bits per heavy atom. The minimum absolute atomic E-state index is 0.00706. The fourth-order valence-corrected chi connectivity index (χ4v) is 1.94. The van der Waals surface area contributed by atoms with Gasteiger partial charge in [0, 0.05) is 17.5 Å². The maximum absolute atomic E-state index is 12.0. The highest BCUT2D eigenvalue weighted by Gasteiger charge is 2.09. The van der Waals surface area contributed by atoms with Crippen molar-refractivity contribution in [1.29, 1.82) is 0 Å². The molecule has 1 unspecified atom stereocenters. The Bertz CT molecular complexity index is 373. The highest BCUT2D eigenvalue weighted by atomic mass is 35.5. The molecule has 1 aromatic carbocycles. The van der Waals surface area contributed by atoms with E-state index in [4.69, 9.17) is 11.6 Å². The predicted octanol–water partition coefficient (Wildman–Crippen LogP) is 3.95. The van der Waals surface area contributed by atoms with Gasteiger partial charge in [0.05, 0.1) is 0 Å². The van der Waals surface area contributed by atoms with E-state index in [0.29, 0.717) is 11.8 Å². The lowest BCUT2D eigenvalue weighted by Crippen LogP contribution is -2.32. The fraction of sp³-hybridized carbons (Fsp3) is 0.533. The molecule has 1 aromatic rings. The Morgan fingerprint density at radius 2 is 1.83 bits per heavy atom. The second-order valence-corrected chi connectivity index (χ2v) is 5.36. The highest BCUT2D eigenvalue weighted by molar-refractivity contribution is 6.17. The van der Waals surface area contributed by atoms with Crippen molar-refractivity contribution >= 4 is 17.5 Å². The Labute approximate surface area is 115 Å². The molecule has 1 atom stereocenters. The number of nitrogens with one attached hydrogen (secondary N) is 1. The standard InChI is InChI=1S/C15H22ClNO/c1-11(2)13-6-8-14(9-7-13)15(18)17-12(3)5-4-10-16/h6-9,11-12H,4-5,10H2,1-3H3,(H,17,18). The summed E-state index contributed by atoms with van der Waals surface area (Å²) in [6, 6.07) is 7.98. The molecule has 0 spiro atoms. The van der Waals surface area contributed by atoms with Crippen LogP contribution in [0.1, 0.15) is 55.5 Å². The summed E-state index contributed by atoms with van der Waals surface area (Å²) in [4.78, 5) is 12.0. The maximum atomic E-state index is 12.0. The SMILES string of the molecule is CC(CCCCl)NC(=O)c1ccc(C(C)C)cc1. The van der Waals surface area contributed by atoms with Crippen LogP contribution in [0.5, 0.6) is 0 Å². The van der Waals surface area contributed by atoms with Gasteiger partial charge in [0.1, 0.15) is 0 Å². The molecule has 0 aliphatic carbocycles. The summed E-state index contributed by atoms with van der Waals surface area (Å²) in [6.07, 6.45) is 1.84. The number of hydrogen-bond acceptors (Lipinski definition) is 1. The second-order valence-electron chi connectivity index (χ2n) is 4.98. The first-order valence-electron chi connectivity index (χ1n) is 6.51. The monoisotopic (exact) mass is 267 g/mol. The second kappa shape index (κ2) is 7.42. The van der Waals surface area contributed by atoms with Gasteiger partial charge in [0.25, 0.3) is 5.91 Å². The quantitative estimate of drug-likeness (QED) is 0.777. The van der Waals surface area contributed by atoms with Crippen molar-refractivity contribution in [3.8, 4) is 0 Å². The number of carbonyl (C=O) groups is 1. The molecule has 0 heterocycles. The van der Waals surface area contributed by atoms with E-state index in [9.17, 15) is 4.79 Å². The van der Waals surface area contributed by atoms with Gasteiger partial charge in [-0.05, 0) is 43.4 Å². The number of rotatable bonds is 6. The Balaban J connectivity index is 2.56. The predicted molar refractivity (Wildman–Crippen MR) is 77.4 cm³/mol. The zero-order chi connectivity index (χ0) is 13.5. The van der Waals surface area contributed by atoms with E-state index in [-0.39, 0.29) is 11.9 Å². The molecule has 1 N–H and O–H groups in total. The molecule has 0 aliphatic rings. The first-order valence-corrected chi connectivity index (χ1v) is 7.04. The third kappa shape index (κ3) is 4.69. The van der Waals surface area contributed by atoms with E-state index in [1.54, 1.807) is 0 Å². The lowest BCUT2D eigenvalue weighted by Gasteiger charge is -2.13. The summed E-state index contributed by atoms with van der Waals surface area (Å²) in [6.45, 7) is 6.29. The summed E-state index contributed by atoms with van der Waals surface area (Å²) in [5.74, 6) is 1.13. The summed E-state index contributed by atoms with van der Waals surface area (Å²) in [5.41, 5.74) is 1.97. The molecule has 1 amide bonds. The molecule has 0 saturated heterocycles. The van der Waals surface area contributed by atoms with E-state index >= 15 is 0 Å². The van der Waals surface area contributed by atoms with Crippen molar-refractivity contribution in [2.45, 2.75) is 45.6 Å². The molecule has 0 aromatic heterocycles. The molecule has 18 heavy (non-hydrogen) atoms. The molecule has 0 radical (unpaired) electrons. The molecular weight excluding hydrogens is 246 g/mol. The van der Waals surface area contributed by atoms with Gasteiger partial charge in [-0.1, -0.05) is 26.0 Å². The van der Waals surface area contributed by atoms with Gasteiger partial charge in [-0.2, -0.15) is 0 Å². The van der Waals surface area contributed by atoms with Gasteiger partial charge < -0.3 is 5.32 Å². The van der Waals surface area contributed by atoms with Crippen LogP contribution in [0.4, 0.5) is 0 Å². The minimum Gasteiger partial charge on any atom is -0.350 e. The van der Waals surface area contributed by atoms with Crippen LogP contribution in [0.15, 0.2) is 24.3 Å². The summed E-state index contributed by atoms with van der Waals surface area (Å²) in [5, 5.41) is 2.98. The lowest BCUT2D eigenvalue weighted by atomic mass is 10.0. The number of hydrogen-bond donors (Lipinski definition) is 1. The van der Waals surface area contributed by atoms with Crippen molar-refractivity contribution in [2.75, 3.05) is 5.88 Å². The zero-order valence-electron chi connectivity index (χ0n) is 11.4. The van der Waals surface area contributed by atoms with Gasteiger partial charge in [0.15, 0.2) is 0 Å². The smallest absolute Gasteiger partial charge is 0.251 e. The number of alkyl halides is 1. The van der Waals surface area contributed by atoms with Gasteiger partial charge in [-0.15, -0.1) is 11.6 Å². The van der Waals surface area contributed by atoms with Crippen LogP contribution in [-0.4, -0.2) is 17.8 Å². The van der Waals surface area contributed by atoms with Crippen LogP contribution in [0.25, 0.3) is 0 Å². The summed E-state index contributed by atoms with van der Waals surface area (Å²) >= 11 is 5.63. The summed E-state index contributed by atoms with van der Waals surface area (Å²) < 4.78 is 0. The molecule has 0 bridgehead atoms. The minimum atomic E-state index is -0.00706. The maximum Gasteiger partial charge on any atom is 0.251 e. The number of benzene rings is 1. The van der Waals surface area contributed by atoms with E-state index < -0.39 is 0 Å². The zero-order valence-corrected chi connectivity index (χ0v) is 12.1. The van der Waals surface area contributed by atoms with Gasteiger partial charge in [0.2, 0.25) is 0 Å². The van der Waals surface area contributed by atoms with Crippen molar-refractivity contribution in [3.05, 3.63) is 35.4 Å². The first kappa shape index (κ1) is 15.0. The summed E-state index contributed by atoms with van der Waals surface area (Å²) in [7, 11) is 0. The molecule has 0 aliphatic heterocycles. The number of amides is 1. The Hall–Kier alpha value is -1.02. The van der Waals surface area contributed by atoms with E-state index in [2.05, 4.69) is 19.2 Å². The van der Waals surface area contributed by atoms with Gasteiger partial charge in [-0.3, -0.25) is 4.79 Å². The van der Waals surface area contributed by atoms with Gasteiger partial charge in [-0.25, -0.2) is 0 Å². The normalized spacial score (nSPS) is 12.5.